The van der Waals surface area contributed by atoms with Crippen LogP contribution >= 0.6 is 0 Å². The van der Waals surface area contributed by atoms with Gasteiger partial charge in [0.2, 0.25) is 0 Å². The summed E-state index contributed by atoms with van der Waals surface area (Å²) in [6, 6.07) is 9.93. The number of pyridine rings is 1. The molecular formula is C19H23N5O3. The molecule has 3 rings (SSSR count). The Morgan fingerprint density at radius 3 is 2.89 bits per heavy atom. The van der Waals surface area contributed by atoms with Gasteiger partial charge in [0.1, 0.15) is 5.69 Å². The summed E-state index contributed by atoms with van der Waals surface area (Å²) < 4.78 is 0. The normalized spacial score (nSPS) is 15.7. The third-order valence-electron chi connectivity index (χ3n) is 4.57. The topological polar surface area (TPSA) is 100 Å². The zero-order valence-electron chi connectivity index (χ0n) is 15.2. The van der Waals surface area contributed by atoms with Crippen LogP contribution in [0.1, 0.15) is 35.4 Å². The van der Waals surface area contributed by atoms with Crippen LogP contribution in [0.25, 0.3) is 0 Å². The minimum absolute atomic E-state index is 0.114. The molecule has 1 fully saturated rings. The van der Waals surface area contributed by atoms with Crippen LogP contribution in [0.2, 0.25) is 0 Å². The van der Waals surface area contributed by atoms with E-state index in [2.05, 4.69) is 15.6 Å². The van der Waals surface area contributed by atoms with Crippen LogP contribution in [0.3, 0.4) is 0 Å². The lowest BCUT2D eigenvalue weighted by Crippen LogP contribution is -2.34. The lowest BCUT2D eigenvalue weighted by molar-refractivity contribution is -0.384. The quantitative estimate of drug-likeness (QED) is 0.621. The van der Waals surface area contributed by atoms with Crippen molar-refractivity contribution in [2.75, 3.05) is 31.5 Å². The lowest BCUT2D eigenvalue weighted by atomic mass is 10.1. The van der Waals surface area contributed by atoms with Gasteiger partial charge in [-0.05, 0) is 44.2 Å². The molecule has 1 unspecified atom stereocenters. The van der Waals surface area contributed by atoms with Crippen molar-refractivity contribution in [3.8, 4) is 0 Å². The number of hydrogen-bond acceptors (Lipinski definition) is 6. The Morgan fingerprint density at radius 2 is 2.15 bits per heavy atom. The van der Waals surface area contributed by atoms with E-state index >= 15 is 0 Å². The van der Waals surface area contributed by atoms with E-state index in [1.165, 1.54) is 6.07 Å². The number of nitro benzene ring substituents is 1. The van der Waals surface area contributed by atoms with Gasteiger partial charge >= 0.3 is 0 Å². The summed E-state index contributed by atoms with van der Waals surface area (Å²) in [6.45, 7) is 4.74. The van der Waals surface area contributed by atoms with Gasteiger partial charge in [-0.1, -0.05) is 6.07 Å². The Morgan fingerprint density at radius 1 is 1.30 bits per heavy atom. The molecule has 1 aromatic carbocycles. The SMILES string of the molecule is CC(Nc1ccc(C(=O)N2CCCNCC2)cc1[N+](=O)[O-])c1ccccn1. The molecule has 0 aliphatic carbocycles. The Hall–Kier alpha value is -3.00. The van der Waals surface area contributed by atoms with Crippen molar-refractivity contribution in [3.63, 3.8) is 0 Å². The summed E-state index contributed by atoms with van der Waals surface area (Å²) in [4.78, 5) is 29.8. The second-order valence-electron chi connectivity index (χ2n) is 6.51. The molecule has 142 valence electrons. The first-order chi connectivity index (χ1) is 13.1. The molecule has 0 spiro atoms. The molecule has 1 saturated heterocycles. The summed E-state index contributed by atoms with van der Waals surface area (Å²) in [5, 5.41) is 17.9. The molecule has 1 aliphatic rings. The van der Waals surface area contributed by atoms with Crippen molar-refractivity contribution >= 4 is 17.3 Å². The van der Waals surface area contributed by atoms with Crippen LogP contribution < -0.4 is 10.6 Å². The van der Waals surface area contributed by atoms with E-state index in [0.29, 0.717) is 24.3 Å². The molecule has 0 saturated carbocycles. The van der Waals surface area contributed by atoms with Crippen LogP contribution in [0.15, 0.2) is 42.6 Å². The maximum absolute atomic E-state index is 12.7. The van der Waals surface area contributed by atoms with E-state index in [4.69, 9.17) is 0 Å². The Balaban J connectivity index is 1.82. The van der Waals surface area contributed by atoms with Crippen molar-refractivity contribution in [2.24, 2.45) is 0 Å². The van der Waals surface area contributed by atoms with E-state index in [0.717, 1.165) is 25.2 Å². The Kier molecular flexibility index (Phi) is 5.97. The summed E-state index contributed by atoms with van der Waals surface area (Å²) >= 11 is 0. The van der Waals surface area contributed by atoms with Crippen LogP contribution in [0.5, 0.6) is 0 Å². The molecule has 2 N–H and O–H groups in total. The van der Waals surface area contributed by atoms with Crippen molar-refractivity contribution in [1.29, 1.82) is 0 Å². The average Bonchev–Trinajstić information content (AvgIpc) is 2.97. The van der Waals surface area contributed by atoms with Gasteiger partial charge in [0, 0.05) is 37.5 Å². The number of amides is 1. The summed E-state index contributed by atoms with van der Waals surface area (Å²) in [5.74, 6) is -0.175. The molecule has 1 aliphatic heterocycles. The first-order valence-corrected chi connectivity index (χ1v) is 9.02. The molecule has 1 amide bonds. The van der Waals surface area contributed by atoms with Gasteiger partial charge in [0.05, 0.1) is 16.7 Å². The zero-order valence-corrected chi connectivity index (χ0v) is 15.2. The molecule has 2 heterocycles. The molecule has 2 aromatic rings. The first kappa shape index (κ1) is 18.8. The molecule has 0 bridgehead atoms. The largest absolute Gasteiger partial charge is 0.371 e. The maximum Gasteiger partial charge on any atom is 0.293 e. The van der Waals surface area contributed by atoms with E-state index in [-0.39, 0.29) is 17.6 Å². The second-order valence-corrected chi connectivity index (χ2v) is 6.51. The van der Waals surface area contributed by atoms with Crippen LogP contribution in [-0.2, 0) is 0 Å². The second kappa shape index (κ2) is 8.59. The van der Waals surface area contributed by atoms with Gasteiger partial charge in [-0.3, -0.25) is 19.9 Å². The van der Waals surface area contributed by atoms with Gasteiger partial charge in [0.15, 0.2) is 0 Å². The lowest BCUT2D eigenvalue weighted by Gasteiger charge is -2.20. The Bertz CT molecular complexity index is 804. The molecule has 0 radical (unpaired) electrons. The van der Waals surface area contributed by atoms with Gasteiger partial charge < -0.3 is 15.5 Å². The third kappa shape index (κ3) is 4.59. The van der Waals surface area contributed by atoms with Crippen LogP contribution in [-0.4, -0.2) is 46.9 Å². The van der Waals surface area contributed by atoms with Crippen LogP contribution in [0.4, 0.5) is 11.4 Å². The molecule has 1 atom stereocenters. The van der Waals surface area contributed by atoms with Crippen LogP contribution in [0, 0.1) is 10.1 Å². The van der Waals surface area contributed by atoms with Gasteiger partial charge in [0.25, 0.3) is 11.6 Å². The fourth-order valence-electron chi connectivity index (χ4n) is 3.11. The highest BCUT2D eigenvalue weighted by Crippen LogP contribution is 2.29. The molecular weight excluding hydrogens is 346 g/mol. The monoisotopic (exact) mass is 369 g/mol. The highest BCUT2D eigenvalue weighted by atomic mass is 16.6. The predicted octanol–water partition coefficient (Wildman–Crippen LogP) is 2.60. The number of nitrogens with zero attached hydrogens (tertiary/aromatic N) is 3. The van der Waals surface area contributed by atoms with Crippen molar-refractivity contribution in [3.05, 3.63) is 64.0 Å². The summed E-state index contributed by atoms with van der Waals surface area (Å²) in [6.07, 6.45) is 2.55. The van der Waals surface area contributed by atoms with E-state index in [1.54, 1.807) is 23.2 Å². The van der Waals surface area contributed by atoms with Gasteiger partial charge in [-0.2, -0.15) is 0 Å². The number of carbonyl (C=O) groups is 1. The number of nitrogens with one attached hydrogen (secondary N) is 2. The zero-order chi connectivity index (χ0) is 19.2. The number of anilines is 1. The number of rotatable bonds is 5. The fourth-order valence-corrected chi connectivity index (χ4v) is 3.11. The van der Waals surface area contributed by atoms with Crippen molar-refractivity contribution in [1.82, 2.24) is 15.2 Å². The van der Waals surface area contributed by atoms with Crippen molar-refractivity contribution < 1.29 is 9.72 Å². The Labute approximate surface area is 157 Å². The molecule has 1 aromatic heterocycles. The first-order valence-electron chi connectivity index (χ1n) is 9.02. The van der Waals surface area contributed by atoms with E-state index < -0.39 is 4.92 Å². The molecule has 8 nitrogen and oxygen atoms in total. The predicted molar refractivity (Wildman–Crippen MR) is 103 cm³/mol. The number of hydrogen-bond donors (Lipinski definition) is 2. The fraction of sp³-hybridized carbons (Fsp3) is 0.368. The summed E-state index contributed by atoms with van der Waals surface area (Å²) in [5.41, 5.74) is 1.37. The van der Waals surface area contributed by atoms with Crippen molar-refractivity contribution in [2.45, 2.75) is 19.4 Å². The molecule has 27 heavy (non-hydrogen) atoms. The highest BCUT2D eigenvalue weighted by molar-refractivity contribution is 5.95. The maximum atomic E-state index is 12.7. The van der Waals surface area contributed by atoms with Gasteiger partial charge in [-0.15, -0.1) is 0 Å². The minimum Gasteiger partial charge on any atom is -0.371 e. The van der Waals surface area contributed by atoms with E-state index in [9.17, 15) is 14.9 Å². The molecule has 8 heteroatoms. The van der Waals surface area contributed by atoms with E-state index in [1.807, 2.05) is 25.1 Å². The number of aromatic nitrogens is 1. The average molecular weight is 369 g/mol. The van der Waals surface area contributed by atoms with Gasteiger partial charge in [-0.25, -0.2) is 0 Å². The number of nitro groups is 1. The number of carbonyl (C=O) groups excluding carboxylic acids is 1. The third-order valence-corrected chi connectivity index (χ3v) is 4.57. The smallest absolute Gasteiger partial charge is 0.293 e. The number of benzene rings is 1. The standard InChI is InChI=1S/C19H23N5O3/c1-14(16-5-2-3-9-21-16)22-17-7-6-15(13-18(17)24(26)27)19(25)23-11-4-8-20-10-12-23/h2-3,5-7,9,13-14,20,22H,4,8,10-12H2,1H3. The highest BCUT2D eigenvalue weighted by Gasteiger charge is 2.23. The minimum atomic E-state index is -0.464. The summed E-state index contributed by atoms with van der Waals surface area (Å²) in [7, 11) is 0.